The minimum Gasteiger partial charge on any atom is -0.347 e. The second kappa shape index (κ2) is 7.22. The van der Waals surface area contributed by atoms with Crippen molar-refractivity contribution in [3.05, 3.63) is 48.4 Å². The Morgan fingerprint density at radius 2 is 1.90 bits per heavy atom. The first kappa shape index (κ1) is 20.0. The van der Waals surface area contributed by atoms with E-state index in [0.29, 0.717) is 5.82 Å². The number of benzene rings is 1. The number of hydrogen-bond donors (Lipinski definition) is 1. The third kappa shape index (κ3) is 4.36. The molecule has 1 aromatic carbocycles. The van der Waals surface area contributed by atoms with Crippen LogP contribution in [-0.2, 0) is 16.6 Å². The van der Waals surface area contributed by atoms with E-state index in [1.54, 1.807) is 18.5 Å². The van der Waals surface area contributed by atoms with Crippen molar-refractivity contribution in [2.75, 3.05) is 0 Å². The van der Waals surface area contributed by atoms with E-state index in [0.717, 1.165) is 41.4 Å². The summed E-state index contributed by atoms with van der Waals surface area (Å²) in [4.78, 5) is 8.73. The average molecular weight is 413 g/mol. The van der Waals surface area contributed by atoms with Gasteiger partial charge in [-0.15, -0.1) is 0 Å². The van der Waals surface area contributed by atoms with Gasteiger partial charge in [-0.2, -0.15) is 0 Å². The van der Waals surface area contributed by atoms with Crippen LogP contribution in [-0.4, -0.2) is 28.2 Å². The molecule has 1 aliphatic rings. The molecule has 1 N–H and O–H groups in total. The number of hydrogen-bond acceptors (Lipinski definition) is 4. The molecule has 3 aromatic rings. The quantitative estimate of drug-likeness (QED) is 0.655. The van der Waals surface area contributed by atoms with Crippen molar-refractivity contribution in [2.45, 2.75) is 58.4 Å². The maximum absolute atomic E-state index is 12.5. The van der Waals surface area contributed by atoms with Crippen LogP contribution < -0.4 is 4.72 Å². The molecule has 1 atom stereocenters. The van der Waals surface area contributed by atoms with E-state index in [2.05, 4.69) is 58.4 Å². The lowest BCUT2D eigenvalue weighted by atomic mass is 9.97. The fourth-order valence-electron chi connectivity index (χ4n) is 3.68. The lowest BCUT2D eigenvalue weighted by Gasteiger charge is -2.20. The number of nitrogens with one attached hydrogen (secondary N) is 1. The van der Waals surface area contributed by atoms with Crippen molar-refractivity contribution in [3.63, 3.8) is 0 Å². The Kier molecular flexibility index (Phi) is 4.99. The number of nitrogens with zero attached hydrogens (tertiary/aromatic N) is 3. The molecule has 7 heteroatoms. The van der Waals surface area contributed by atoms with E-state index >= 15 is 0 Å². The summed E-state index contributed by atoms with van der Waals surface area (Å²) < 4.78 is 30.0. The zero-order valence-electron chi connectivity index (χ0n) is 17.4. The van der Waals surface area contributed by atoms with Crippen molar-refractivity contribution in [2.24, 2.45) is 5.41 Å². The van der Waals surface area contributed by atoms with E-state index in [1.807, 2.05) is 13.0 Å². The molecule has 0 bridgehead atoms. The molecule has 1 fully saturated rings. The van der Waals surface area contributed by atoms with Gasteiger partial charge in [-0.05, 0) is 42.9 Å². The van der Waals surface area contributed by atoms with Crippen molar-refractivity contribution in [1.82, 2.24) is 19.3 Å². The first-order valence-electron chi connectivity index (χ1n) is 10.1. The SMILES string of the molecule is C[C@@H](NS(=O)(=O)C1CC1)c1cn(CC(C)(C)C)c2cc(-c3ncccn3)ccc12. The summed E-state index contributed by atoms with van der Waals surface area (Å²) in [5.41, 5.74) is 3.09. The molecule has 29 heavy (non-hydrogen) atoms. The normalized spacial score (nSPS) is 16.3. The smallest absolute Gasteiger partial charge is 0.215 e. The maximum atomic E-state index is 12.5. The molecule has 0 amide bonds. The summed E-state index contributed by atoms with van der Waals surface area (Å²) in [6.07, 6.45) is 7.08. The Balaban J connectivity index is 1.78. The standard InChI is InChI=1S/C22H28N4O2S/c1-15(25-29(27,28)17-7-8-17)19-13-26(14-22(2,3)4)20-12-16(6-9-18(19)20)21-23-10-5-11-24-21/h5-6,9-13,15,17,25H,7-8,14H2,1-4H3/t15-/m1/s1. The summed E-state index contributed by atoms with van der Waals surface area (Å²) in [5.74, 6) is 0.682. The Morgan fingerprint density at radius 1 is 1.21 bits per heavy atom. The molecular weight excluding hydrogens is 384 g/mol. The first-order chi connectivity index (χ1) is 13.6. The zero-order chi connectivity index (χ0) is 20.8. The monoisotopic (exact) mass is 412 g/mol. The largest absolute Gasteiger partial charge is 0.347 e. The third-order valence-corrected chi connectivity index (χ3v) is 7.18. The number of fused-ring (bicyclic) bond motifs is 1. The zero-order valence-corrected chi connectivity index (χ0v) is 18.2. The van der Waals surface area contributed by atoms with E-state index in [4.69, 9.17) is 0 Å². The van der Waals surface area contributed by atoms with Gasteiger partial charge in [0, 0.05) is 47.6 Å². The summed E-state index contributed by atoms with van der Waals surface area (Å²) in [6.45, 7) is 9.33. The van der Waals surface area contributed by atoms with Gasteiger partial charge in [-0.1, -0.05) is 32.9 Å². The predicted octanol–water partition coefficient (Wildman–Crippen LogP) is 4.29. The topological polar surface area (TPSA) is 76.9 Å². The summed E-state index contributed by atoms with van der Waals surface area (Å²) >= 11 is 0. The summed E-state index contributed by atoms with van der Waals surface area (Å²) in [7, 11) is -3.26. The van der Waals surface area contributed by atoms with Gasteiger partial charge < -0.3 is 4.57 Å². The van der Waals surface area contributed by atoms with Crippen molar-refractivity contribution in [3.8, 4) is 11.4 Å². The second-order valence-electron chi connectivity index (χ2n) is 9.16. The minimum atomic E-state index is -3.26. The highest BCUT2D eigenvalue weighted by molar-refractivity contribution is 7.90. The van der Waals surface area contributed by atoms with Gasteiger partial charge in [0.2, 0.25) is 10.0 Å². The van der Waals surface area contributed by atoms with Crippen LogP contribution in [0.15, 0.2) is 42.9 Å². The predicted molar refractivity (Wildman–Crippen MR) is 116 cm³/mol. The molecule has 2 heterocycles. The van der Waals surface area contributed by atoms with Crippen LogP contribution in [0, 0.1) is 5.41 Å². The Labute approximate surface area is 172 Å². The van der Waals surface area contributed by atoms with Crippen molar-refractivity contribution in [1.29, 1.82) is 0 Å². The van der Waals surface area contributed by atoms with Crippen molar-refractivity contribution < 1.29 is 8.42 Å². The van der Waals surface area contributed by atoms with Gasteiger partial charge >= 0.3 is 0 Å². The van der Waals surface area contributed by atoms with Crippen LogP contribution in [0.2, 0.25) is 0 Å². The van der Waals surface area contributed by atoms with Crippen LogP contribution in [0.3, 0.4) is 0 Å². The molecule has 2 aromatic heterocycles. The lowest BCUT2D eigenvalue weighted by molar-refractivity contribution is 0.349. The molecule has 6 nitrogen and oxygen atoms in total. The van der Waals surface area contributed by atoms with Gasteiger partial charge in [0.15, 0.2) is 5.82 Å². The van der Waals surface area contributed by atoms with E-state index in [9.17, 15) is 8.42 Å². The minimum absolute atomic E-state index is 0.0826. The first-order valence-corrected chi connectivity index (χ1v) is 11.6. The van der Waals surface area contributed by atoms with Gasteiger partial charge in [0.25, 0.3) is 0 Å². The van der Waals surface area contributed by atoms with Gasteiger partial charge in [0.1, 0.15) is 0 Å². The molecule has 0 unspecified atom stereocenters. The van der Waals surface area contributed by atoms with Gasteiger partial charge in [-0.3, -0.25) is 0 Å². The highest BCUT2D eigenvalue weighted by Crippen LogP contribution is 2.34. The van der Waals surface area contributed by atoms with Crippen LogP contribution in [0.25, 0.3) is 22.3 Å². The fraction of sp³-hybridized carbons (Fsp3) is 0.455. The Bertz CT molecular complexity index is 1130. The molecule has 4 rings (SSSR count). The van der Waals surface area contributed by atoms with Crippen LogP contribution >= 0.6 is 0 Å². The number of aromatic nitrogens is 3. The number of sulfonamides is 1. The van der Waals surface area contributed by atoms with Crippen molar-refractivity contribution >= 4 is 20.9 Å². The van der Waals surface area contributed by atoms with Crippen LogP contribution in [0.5, 0.6) is 0 Å². The molecule has 0 saturated heterocycles. The van der Waals surface area contributed by atoms with E-state index < -0.39 is 10.0 Å². The molecule has 0 spiro atoms. The molecular formula is C22H28N4O2S. The third-order valence-electron chi connectivity index (χ3n) is 5.15. The molecule has 0 aliphatic heterocycles. The van der Waals surface area contributed by atoms with Gasteiger partial charge in [-0.25, -0.2) is 23.1 Å². The van der Waals surface area contributed by atoms with E-state index in [1.165, 1.54) is 0 Å². The van der Waals surface area contributed by atoms with Gasteiger partial charge in [0.05, 0.1) is 5.25 Å². The molecule has 0 radical (unpaired) electrons. The molecule has 1 aliphatic carbocycles. The van der Waals surface area contributed by atoms with Crippen LogP contribution in [0.4, 0.5) is 0 Å². The Hall–Kier alpha value is -2.25. The molecule has 1 saturated carbocycles. The molecule has 154 valence electrons. The maximum Gasteiger partial charge on any atom is 0.215 e. The fourth-order valence-corrected chi connectivity index (χ4v) is 5.25. The average Bonchev–Trinajstić information content (AvgIpc) is 3.45. The Morgan fingerprint density at radius 3 is 2.52 bits per heavy atom. The van der Waals surface area contributed by atoms with Crippen LogP contribution in [0.1, 0.15) is 52.1 Å². The summed E-state index contributed by atoms with van der Waals surface area (Å²) in [6, 6.07) is 7.67. The van der Waals surface area contributed by atoms with E-state index in [-0.39, 0.29) is 16.7 Å². The summed E-state index contributed by atoms with van der Waals surface area (Å²) in [5, 5.41) is 0.828. The highest BCUT2D eigenvalue weighted by atomic mass is 32.2. The second-order valence-corrected chi connectivity index (χ2v) is 11.2. The lowest BCUT2D eigenvalue weighted by Crippen LogP contribution is -2.29. The number of rotatable bonds is 6. The highest BCUT2D eigenvalue weighted by Gasteiger charge is 2.36.